The van der Waals surface area contributed by atoms with Gasteiger partial charge in [0.05, 0.1) is 0 Å². The summed E-state index contributed by atoms with van der Waals surface area (Å²) in [7, 11) is 0. The molecule has 0 saturated carbocycles. The fraction of sp³-hybridized carbons (Fsp3) is 0.417. The van der Waals surface area contributed by atoms with Crippen molar-refractivity contribution in [3.05, 3.63) is 34.9 Å². The first-order chi connectivity index (χ1) is 6.15. The summed E-state index contributed by atoms with van der Waals surface area (Å²) in [6.07, 6.45) is 1.60. The van der Waals surface area contributed by atoms with Crippen LogP contribution in [0.5, 0.6) is 0 Å². The number of carbonyl (C=O) groups is 1. The highest BCUT2D eigenvalue weighted by atomic mass is 16.1. The van der Waals surface area contributed by atoms with E-state index in [1.165, 1.54) is 16.7 Å². The summed E-state index contributed by atoms with van der Waals surface area (Å²) < 4.78 is 0. The Morgan fingerprint density at radius 3 is 2.54 bits per heavy atom. The van der Waals surface area contributed by atoms with E-state index in [-0.39, 0.29) is 0 Å². The first-order valence-corrected chi connectivity index (χ1v) is 4.66. The van der Waals surface area contributed by atoms with Gasteiger partial charge in [0.15, 0.2) is 0 Å². The quantitative estimate of drug-likeness (QED) is 0.647. The third-order valence-electron chi connectivity index (χ3n) is 2.55. The highest BCUT2D eigenvalue weighted by molar-refractivity contribution is 5.51. The highest BCUT2D eigenvalue weighted by Gasteiger charge is 2.04. The molecule has 70 valence electrons. The summed E-state index contributed by atoms with van der Waals surface area (Å²) in [5, 5.41) is 0. The second-order valence-electron chi connectivity index (χ2n) is 3.65. The third kappa shape index (κ3) is 2.41. The lowest BCUT2D eigenvalue weighted by molar-refractivity contribution is -0.108. The maximum absolute atomic E-state index is 10.3. The third-order valence-corrected chi connectivity index (χ3v) is 2.55. The average molecular weight is 176 g/mol. The maximum Gasteiger partial charge on any atom is 0.120 e. The van der Waals surface area contributed by atoms with E-state index in [2.05, 4.69) is 39.0 Å². The van der Waals surface area contributed by atoms with E-state index < -0.39 is 0 Å². The molecule has 0 amide bonds. The number of benzene rings is 1. The zero-order valence-electron chi connectivity index (χ0n) is 8.50. The van der Waals surface area contributed by atoms with E-state index >= 15 is 0 Å². The molecule has 0 saturated heterocycles. The van der Waals surface area contributed by atoms with Crippen molar-refractivity contribution in [2.75, 3.05) is 0 Å². The molecule has 0 radical (unpaired) electrons. The monoisotopic (exact) mass is 176 g/mol. The highest BCUT2D eigenvalue weighted by Crippen LogP contribution is 2.20. The van der Waals surface area contributed by atoms with E-state index in [4.69, 9.17) is 0 Å². The van der Waals surface area contributed by atoms with Gasteiger partial charge in [0, 0.05) is 6.42 Å². The van der Waals surface area contributed by atoms with Crippen LogP contribution in [0.1, 0.15) is 36.0 Å². The minimum Gasteiger partial charge on any atom is -0.303 e. The van der Waals surface area contributed by atoms with Crippen LogP contribution in [0.15, 0.2) is 18.2 Å². The largest absolute Gasteiger partial charge is 0.303 e. The molecule has 1 unspecified atom stereocenters. The topological polar surface area (TPSA) is 17.1 Å². The zero-order chi connectivity index (χ0) is 9.84. The second-order valence-corrected chi connectivity index (χ2v) is 3.65. The van der Waals surface area contributed by atoms with Crippen molar-refractivity contribution < 1.29 is 4.79 Å². The van der Waals surface area contributed by atoms with Crippen molar-refractivity contribution in [2.24, 2.45) is 0 Å². The van der Waals surface area contributed by atoms with Crippen LogP contribution in [-0.4, -0.2) is 6.29 Å². The Labute approximate surface area is 79.8 Å². The van der Waals surface area contributed by atoms with Gasteiger partial charge in [-0.2, -0.15) is 0 Å². The van der Waals surface area contributed by atoms with Gasteiger partial charge in [-0.05, 0) is 36.5 Å². The van der Waals surface area contributed by atoms with Gasteiger partial charge in [-0.15, -0.1) is 0 Å². The van der Waals surface area contributed by atoms with Crippen LogP contribution < -0.4 is 0 Å². The molecule has 0 aliphatic heterocycles. The lowest BCUT2D eigenvalue weighted by atomic mass is 9.95. The standard InChI is InChI=1S/C12H16O/c1-9-4-5-12(8-11(9)3)10(2)6-7-13/h4-5,7-8,10H,6H2,1-3H3. The van der Waals surface area contributed by atoms with E-state index in [0.717, 1.165) is 6.29 Å². The van der Waals surface area contributed by atoms with Gasteiger partial charge >= 0.3 is 0 Å². The molecule has 0 fully saturated rings. The summed E-state index contributed by atoms with van der Waals surface area (Å²) in [6, 6.07) is 6.39. The van der Waals surface area contributed by atoms with E-state index in [1.54, 1.807) is 0 Å². The van der Waals surface area contributed by atoms with Gasteiger partial charge in [-0.1, -0.05) is 25.1 Å². The lowest BCUT2D eigenvalue weighted by Crippen LogP contribution is -1.95. The van der Waals surface area contributed by atoms with Crippen LogP contribution in [0.4, 0.5) is 0 Å². The molecule has 0 N–H and O–H groups in total. The van der Waals surface area contributed by atoms with Gasteiger partial charge in [0.25, 0.3) is 0 Å². The van der Waals surface area contributed by atoms with Gasteiger partial charge in [0.1, 0.15) is 6.29 Å². The SMILES string of the molecule is Cc1ccc(C(C)CC=O)cc1C. The molecule has 13 heavy (non-hydrogen) atoms. The Kier molecular flexibility index (Phi) is 3.24. The van der Waals surface area contributed by atoms with Crippen LogP contribution in [0, 0.1) is 13.8 Å². The van der Waals surface area contributed by atoms with Crippen molar-refractivity contribution >= 4 is 6.29 Å². The molecule has 0 bridgehead atoms. The number of carbonyl (C=O) groups excluding carboxylic acids is 1. The molecule has 1 aromatic carbocycles. The average Bonchev–Trinajstić information content (AvgIpc) is 2.10. The van der Waals surface area contributed by atoms with E-state index in [1.807, 2.05) is 0 Å². The number of aldehydes is 1. The fourth-order valence-corrected chi connectivity index (χ4v) is 1.35. The zero-order valence-corrected chi connectivity index (χ0v) is 8.50. The fourth-order valence-electron chi connectivity index (χ4n) is 1.35. The predicted octanol–water partition coefficient (Wildman–Crippen LogP) is 3.00. The summed E-state index contributed by atoms with van der Waals surface area (Å²) >= 11 is 0. The van der Waals surface area contributed by atoms with Crippen molar-refractivity contribution in [1.29, 1.82) is 0 Å². The van der Waals surface area contributed by atoms with Crippen LogP contribution in [0.2, 0.25) is 0 Å². The van der Waals surface area contributed by atoms with Crippen LogP contribution in [-0.2, 0) is 4.79 Å². The number of hydrogen-bond acceptors (Lipinski definition) is 1. The smallest absolute Gasteiger partial charge is 0.120 e. The van der Waals surface area contributed by atoms with Crippen molar-refractivity contribution in [1.82, 2.24) is 0 Å². The van der Waals surface area contributed by atoms with Gasteiger partial charge in [-0.25, -0.2) is 0 Å². The van der Waals surface area contributed by atoms with Gasteiger partial charge in [0.2, 0.25) is 0 Å². The van der Waals surface area contributed by atoms with Gasteiger partial charge < -0.3 is 4.79 Å². The molecule has 1 heteroatoms. The van der Waals surface area contributed by atoms with Crippen LogP contribution in [0.25, 0.3) is 0 Å². The Balaban J connectivity index is 2.89. The molecule has 1 nitrogen and oxygen atoms in total. The minimum atomic E-state index is 0.344. The molecule has 1 atom stereocenters. The van der Waals surface area contributed by atoms with Crippen molar-refractivity contribution in [2.45, 2.75) is 33.1 Å². The Hall–Kier alpha value is -1.11. The number of aryl methyl sites for hydroxylation is 2. The minimum absolute atomic E-state index is 0.344. The molecule has 1 rings (SSSR count). The maximum atomic E-state index is 10.3. The molecular formula is C12H16O. The Bertz CT molecular complexity index is 302. The normalized spacial score (nSPS) is 12.5. The molecule has 0 aromatic heterocycles. The van der Waals surface area contributed by atoms with Crippen LogP contribution >= 0.6 is 0 Å². The molecule has 1 aromatic rings. The summed E-state index contributed by atoms with van der Waals surface area (Å²) in [5.74, 6) is 0.344. The lowest BCUT2D eigenvalue weighted by Gasteiger charge is -2.10. The predicted molar refractivity (Wildman–Crippen MR) is 55.0 cm³/mol. The molecule has 0 spiro atoms. The summed E-state index contributed by atoms with van der Waals surface area (Å²) in [6.45, 7) is 6.29. The summed E-state index contributed by atoms with van der Waals surface area (Å²) in [5.41, 5.74) is 3.87. The second kappa shape index (κ2) is 4.22. The first kappa shape index (κ1) is 9.97. The number of hydrogen-bond donors (Lipinski definition) is 0. The Morgan fingerprint density at radius 2 is 2.00 bits per heavy atom. The van der Waals surface area contributed by atoms with Gasteiger partial charge in [-0.3, -0.25) is 0 Å². The molecule has 0 aliphatic carbocycles. The number of rotatable bonds is 3. The first-order valence-electron chi connectivity index (χ1n) is 4.66. The Morgan fingerprint density at radius 1 is 1.31 bits per heavy atom. The van der Waals surface area contributed by atoms with Crippen LogP contribution in [0.3, 0.4) is 0 Å². The summed E-state index contributed by atoms with van der Waals surface area (Å²) in [4.78, 5) is 10.3. The van der Waals surface area contributed by atoms with Crippen molar-refractivity contribution in [3.63, 3.8) is 0 Å². The molecule has 0 heterocycles. The van der Waals surface area contributed by atoms with Crippen molar-refractivity contribution in [3.8, 4) is 0 Å². The molecule has 0 aliphatic rings. The van der Waals surface area contributed by atoms with E-state index in [0.29, 0.717) is 12.3 Å². The molecular weight excluding hydrogens is 160 g/mol. The van der Waals surface area contributed by atoms with E-state index in [9.17, 15) is 4.79 Å².